The van der Waals surface area contributed by atoms with Crippen molar-refractivity contribution in [3.8, 4) is 0 Å². The molecule has 0 spiro atoms. The van der Waals surface area contributed by atoms with Crippen LogP contribution in [0.4, 0.5) is 5.69 Å². The first-order valence-corrected chi connectivity index (χ1v) is 2.41. The van der Waals surface area contributed by atoms with Crippen molar-refractivity contribution in [1.29, 1.82) is 0 Å². The Morgan fingerprint density at radius 1 is 1.40 bits per heavy atom. The van der Waals surface area contributed by atoms with Gasteiger partial charge in [0.2, 0.25) is 0 Å². The van der Waals surface area contributed by atoms with E-state index in [0.717, 1.165) is 0 Å². The molecule has 0 bridgehead atoms. The Balaban J connectivity index is 0.000000810. The summed E-state index contributed by atoms with van der Waals surface area (Å²) in [6.07, 6.45) is 0. The molecule has 1 aromatic rings. The van der Waals surface area contributed by atoms with Crippen molar-refractivity contribution in [2.45, 2.75) is 0 Å². The predicted molar refractivity (Wildman–Crippen MR) is 31.9 cm³/mol. The Bertz CT molecular complexity index is 212. The van der Waals surface area contributed by atoms with Gasteiger partial charge in [-0.2, -0.15) is 18.2 Å². The van der Waals surface area contributed by atoms with Crippen molar-refractivity contribution in [3.05, 3.63) is 40.4 Å². The SMILES string of the molecule is O=[N+]([O-])c1cc[c-]cc1.[Ni]. The molecule has 0 atom stereocenters. The van der Waals surface area contributed by atoms with E-state index in [4.69, 9.17) is 0 Å². The molecule has 0 aliphatic rings. The van der Waals surface area contributed by atoms with Crippen LogP contribution in [0.2, 0.25) is 0 Å². The average Bonchev–Trinajstić information content (AvgIpc) is 1.90. The Morgan fingerprint density at radius 2 is 1.90 bits per heavy atom. The number of nitro groups is 1. The van der Waals surface area contributed by atoms with Gasteiger partial charge in [-0.25, -0.2) is 0 Å². The first-order valence-electron chi connectivity index (χ1n) is 2.41. The van der Waals surface area contributed by atoms with Crippen LogP contribution < -0.4 is 0 Å². The summed E-state index contributed by atoms with van der Waals surface area (Å²) >= 11 is 0. The third kappa shape index (κ3) is 2.15. The monoisotopic (exact) mass is 180 g/mol. The van der Waals surface area contributed by atoms with E-state index in [-0.39, 0.29) is 22.2 Å². The van der Waals surface area contributed by atoms with Crippen LogP contribution in [0.15, 0.2) is 24.3 Å². The maximum atomic E-state index is 9.99. The van der Waals surface area contributed by atoms with Gasteiger partial charge in [0.15, 0.2) is 5.69 Å². The second-order valence-electron chi connectivity index (χ2n) is 1.52. The van der Waals surface area contributed by atoms with Crippen LogP contribution in [-0.4, -0.2) is 4.92 Å². The first-order chi connectivity index (χ1) is 4.30. The number of hydrogen-bond donors (Lipinski definition) is 0. The summed E-state index contributed by atoms with van der Waals surface area (Å²) in [5.41, 5.74) is 0.105. The summed E-state index contributed by atoms with van der Waals surface area (Å²) < 4.78 is 0. The molecular weight excluding hydrogens is 177 g/mol. The zero-order valence-electron chi connectivity index (χ0n) is 4.89. The molecule has 0 N–H and O–H groups in total. The molecule has 0 radical (unpaired) electrons. The summed E-state index contributed by atoms with van der Waals surface area (Å²) in [5.74, 6) is 0. The van der Waals surface area contributed by atoms with Crippen LogP contribution in [0.25, 0.3) is 0 Å². The Morgan fingerprint density at radius 3 is 2.20 bits per heavy atom. The molecule has 1 rings (SSSR count). The van der Waals surface area contributed by atoms with Gasteiger partial charge in [0.05, 0.1) is 0 Å². The van der Waals surface area contributed by atoms with Crippen molar-refractivity contribution >= 4 is 5.69 Å². The number of non-ortho nitro benzene ring substituents is 1. The van der Waals surface area contributed by atoms with Crippen LogP contribution >= 0.6 is 0 Å². The molecule has 0 amide bonds. The Kier molecular flexibility index (Phi) is 3.66. The van der Waals surface area contributed by atoms with Crippen molar-refractivity contribution < 1.29 is 21.4 Å². The van der Waals surface area contributed by atoms with Crippen LogP contribution in [0.1, 0.15) is 0 Å². The fourth-order valence-corrected chi connectivity index (χ4v) is 0.500. The van der Waals surface area contributed by atoms with Crippen LogP contribution in [0.5, 0.6) is 0 Å². The largest absolute Gasteiger partial charge is 0.260 e. The van der Waals surface area contributed by atoms with Crippen molar-refractivity contribution in [2.75, 3.05) is 0 Å². The Labute approximate surface area is 68.1 Å². The van der Waals surface area contributed by atoms with E-state index in [1.807, 2.05) is 0 Å². The zero-order valence-corrected chi connectivity index (χ0v) is 5.88. The van der Waals surface area contributed by atoms with Gasteiger partial charge in [-0.3, -0.25) is 10.1 Å². The molecule has 0 aromatic heterocycles. The van der Waals surface area contributed by atoms with E-state index in [2.05, 4.69) is 6.07 Å². The molecule has 10 heavy (non-hydrogen) atoms. The minimum Gasteiger partial charge on any atom is -0.260 e. The normalized spacial score (nSPS) is 8.00. The Hall–Kier alpha value is -0.886. The van der Waals surface area contributed by atoms with Crippen molar-refractivity contribution in [2.24, 2.45) is 0 Å². The topological polar surface area (TPSA) is 43.1 Å². The number of nitrogens with zero attached hydrogens (tertiary/aromatic N) is 1. The zero-order chi connectivity index (χ0) is 6.69. The summed E-state index contributed by atoms with van der Waals surface area (Å²) in [5, 5.41) is 9.99. The molecule has 0 saturated carbocycles. The summed E-state index contributed by atoms with van der Waals surface area (Å²) in [4.78, 5) is 9.56. The molecule has 0 saturated heterocycles. The molecule has 1 aromatic carbocycles. The van der Waals surface area contributed by atoms with Gasteiger partial charge in [0.25, 0.3) is 0 Å². The molecule has 0 fully saturated rings. The second kappa shape index (κ2) is 4.01. The molecule has 0 unspecified atom stereocenters. The summed E-state index contributed by atoms with van der Waals surface area (Å²) in [6, 6.07) is 8.51. The van der Waals surface area contributed by atoms with E-state index in [1.54, 1.807) is 0 Å². The smallest absolute Gasteiger partial charge is 0.166 e. The minimum absolute atomic E-state index is 0. The van der Waals surface area contributed by atoms with Gasteiger partial charge in [-0.1, -0.05) is 12.1 Å². The number of nitro benzene ring substituents is 1. The van der Waals surface area contributed by atoms with E-state index in [0.29, 0.717) is 0 Å². The van der Waals surface area contributed by atoms with E-state index in [1.165, 1.54) is 24.3 Å². The van der Waals surface area contributed by atoms with Gasteiger partial charge in [0, 0.05) is 21.4 Å². The molecule has 56 valence electrons. The molecular formula is C6H4NNiO2-. The van der Waals surface area contributed by atoms with Gasteiger partial charge in [-0.05, 0) is 0 Å². The van der Waals surface area contributed by atoms with Crippen molar-refractivity contribution in [3.63, 3.8) is 0 Å². The number of hydrogen-bond acceptors (Lipinski definition) is 2. The van der Waals surface area contributed by atoms with Gasteiger partial charge in [0.1, 0.15) is 0 Å². The third-order valence-corrected chi connectivity index (χ3v) is 0.911. The summed E-state index contributed by atoms with van der Waals surface area (Å²) in [7, 11) is 0. The number of benzene rings is 1. The van der Waals surface area contributed by atoms with Gasteiger partial charge < -0.3 is 0 Å². The second-order valence-corrected chi connectivity index (χ2v) is 1.52. The quantitative estimate of drug-likeness (QED) is 0.284. The van der Waals surface area contributed by atoms with E-state index in [9.17, 15) is 10.1 Å². The molecule has 0 aliphatic heterocycles. The standard InChI is InChI=1S/C6H4NO2.Ni/c8-7(9)6-4-2-1-3-5-6;/h2-5H;/q-1;. The van der Waals surface area contributed by atoms with Crippen molar-refractivity contribution in [1.82, 2.24) is 0 Å². The molecule has 0 aliphatic carbocycles. The van der Waals surface area contributed by atoms with Crippen LogP contribution in [0.3, 0.4) is 0 Å². The maximum absolute atomic E-state index is 9.99. The summed E-state index contributed by atoms with van der Waals surface area (Å²) in [6.45, 7) is 0. The fourth-order valence-electron chi connectivity index (χ4n) is 0.500. The molecule has 3 nitrogen and oxygen atoms in total. The van der Waals surface area contributed by atoms with E-state index < -0.39 is 4.92 Å². The van der Waals surface area contributed by atoms with Crippen LogP contribution in [0, 0.1) is 16.2 Å². The minimum atomic E-state index is -0.437. The third-order valence-electron chi connectivity index (χ3n) is 0.911. The predicted octanol–water partition coefficient (Wildman–Crippen LogP) is 1.39. The first kappa shape index (κ1) is 9.11. The molecule has 4 heteroatoms. The van der Waals surface area contributed by atoms with Gasteiger partial charge in [-0.15, -0.1) is 0 Å². The van der Waals surface area contributed by atoms with Gasteiger partial charge >= 0.3 is 0 Å². The fraction of sp³-hybridized carbons (Fsp3) is 0. The number of rotatable bonds is 1. The van der Waals surface area contributed by atoms with Crippen LogP contribution in [-0.2, 0) is 16.5 Å². The molecule has 0 heterocycles. The maximum Gasteiger partial charge on any atom is 0.166 e. The van der Waals surface area contributed by atoms with E-state index >= 15 is 0 Å². The average molecular weight is 181 g/mol.